The number of hydrogen-bond acceptors (Lipinski definition) is 4. The molecular formula is C14H28N2O2. The van der Waals surface area contributed by atoms with Crippen LogP contribution in [0.2, 0.25) is 0 Å². The van der Waals surface area contributed by atoms with Crippen LogP contribution in [0.3, 0.4) is 0 Å². The predicted molar refractivity (Wildman–Crippen MR) is 73.6 cm³/mol. The van der Waals surface area contributed by atoms with Gasteiger partial charge in [0.25, 0.3) is 0 Å². The maximum atomic E-state index is 12.0. The van der Waals surface area contributed by atoms with Crippen molar-refractivity contribution >= 4 is 5.97 Å². The third-order valence-corrected chi connectivity index (χ3v) is 3.70. The molecule has 0 aromatic rings. The summed E-state index contributed by atoms with van der Waals surface area (Å²) in [5.41, 5.74) is -0.229. The minimum Gasteiger partial charge on any atom is -0.468 e. The molecule has 1 saturated heterocycles. The highest BCUT2D eigenvalue weighted by Gasteiger charge is 2.39. The van der Waals surface area contributed by atoms with Crippen molar-refractivity contribution in [2.75, 3.05) is 33.3 Å². The lowest BCUT2D eigenvalue weighted by atomic mass is 9.93. The molecule has 18 heavy (non-hydrogen) atoms. The summed E-state index contributed by atoms with van der Waals surface area (Å²) in [6.07, 6.45) is 2.20. The van der Waals surface area contributed by atoms with E-state index in [0.29, 0.717) is 5.41 Å². The Hall–Kier alpha value is -0.610. The Labute approximate surface area is 111 Å². The van der Waals surface area contributed by atoms with E-state index >= 15 is 0 Å². The molecule has 0 amide bonds. The van der Waals surface area contributed by atoms with Crippen molar-refractivity contribution in [2.24, 2.45) is 5.41 Å². The summed E-state index contributed by atoms with van der Waals surface area (Å²) in [7, 11) is 1.46. The summed E-state index contributed by atoms with van der Waals surface area (Å²) in [5, 5.41) is 3.33. The van der Waals surface area contributed by atoms with E-state index < -0.39 is 5.54 Å². The molecule has 4 nitrogen and oxygen atoms in total. The van der Waals surface area contributed by atoms with Gasteiger partial charge in [-0.1, -0.05) is 20.8 Å². The molecule has 106 valence electrons. The van der Waals surface area contributed by atoms with Gasteiger partial charge in [-0.2, -0.15) is 0 Å². The van der Waals surface area contributed by atoms with E-state index in [9.17, 15) is 4.79 Å². The molecule has 0 aromatic heterocycles. The van der Waals surface area contributed by atoms with Gasteiger partial charge in [0.1, 0.15) is 5.54 Å². The predicted octanol–water partition coefficient (Wildman–Crippen LogP) is 1.65. The SMILES string of the molecule is CCCNC(C)(CN1CCC(C)(C)C1)C(=O)OC. The number of nitrogens with zero attached hydrogens (tertiary/aromatic N) is 1. The van der Waals surface area contributed by atoms with Gasteiger partial charge in [-0.25, -0.2) is 0 Å². The fourth-order valence-corrected chi connectivity index (χ4v) is 2.63. The number of carbonyl (C=O) groups excluding carboxylic acids is 1. The largest absolute Gasteiger partial charge is 0.468 e. The van der Waals surface area contributed by atoms with Crippen LogP contribution in [0.15, 0.2) is 0 Å². The third kappa shape index (κ3) is 3.95. The van der Waals surface area contributed by atoms with Gasteiger partial charge in [-0.15, -0.1) is 0 Å². The smallest absolute Gasteiger partial charge is 0.327 e. The van der Waals surface area contributed by atoms with Gasteiger partial charge < -0.3 is 15.0 Å². The van der Waals surface area contributed by atoms with Gasteiger partial charge in [0, 0.05) is 13.1 Å². The molecule has 0 bridgehead atoms. The number of nitrogens with one attached hydrogen (secondary N) is 1. The molecule has 1 unspecified atom stereocenters. The summed E-state index contributed by atoms with van der Waals surface area (Å²) < 4.78 is 4.95. The second-order valence-corrected chi connectivity index (χ2v) is 6.38. The molecule has 0 saturated carbocycles. The van der Waals surface area contributed by atoms with E-state index in [4.69, 9.17) is 4.74 Å². The molecule has 0 aliphatic carbocycles. The molecule has 1 aliphatic rings. The zero-order chi connectivity index (χ0) is 13.8. The first-order chi connectivity index (χ1) is 8.33. The van der Waals surface area contributed by atoms with Crippen LogP contribution in [0.1, 0.15) is 40.5 Å². The Morgan fingerprint density at radius 1 is 1.50 bits per heavy atom. The monoisotopic (exact) mass is 256 g/mol. The zero-order valence-corrected chi connectivity index (χ0v) is 12.5. The lowest BCUT2D eigenvalue weighted by molar-refractivity contribution is -0.148. The van der Waals surface area contributed by atoms with E-state index in [2.05, 4.69) is 31.0 Å². The van der Waals surface area contributed by atoms with Crippen LogP contribution in [0.25, 0.3) is 0 Å². The quantitative estimate of drug-likeness (QED) is 0.734. The second-order valence-electron chi connectivity index (χ2n) is 6.38. The number of rotatable bonds is 6. The van der Waals surface area contributed by atoms with Crippen LogP contribution < -0.4 is 5.32 Å². The van der Waals surface area contributed by atoms with Gasteiger partial charge >= 0.3 is 5.97 Å². The minimum atomic E-state index is -0.592. The van der Waals surface area contributed by atoms with Gasteiger partial charge in [-0.3, -0.25) is 4.79 Å². The van der Waals surface area contributed by atoms with Gasteiger partial charge in [-0.05, 0) is 38.3 Å². The molecule has 1 aliphatic heterocycles. The standard InChI is InChI=1S/C14H28N2O2/c1-6-8-15-14(4,12(17)18-5)11-16-9-7-13(2,3)10-16/h15H,6-11H2,1-5H3. The Morgan fingerprint density at radius 3 is 2.61 bits per heavy atom. The number of carbonyl (C=O) groups is 1. The van der Waals surface area contributed by atoms with E-state index in [1.807, 2.05) is 6.92 Å². The highest BCUT2D eigenvalue weighted by molar-refractivity contribution is 5.80. The molecule has 1 N–H and O–H groups in total. The van der Waals surface area contributed by atoms with Crippen molar-refractivity contribution in [1.29, 1.82) is 0 Å². The van der Waals surface area contributed by atoms with Crippen LogP contribution >= 0.6 is 0 Å². The highest BCUT2D eigenvalue weighted by Crippen LogP contribution is 2.29. The van der Waals surface area contributed by atoms with Crippen LogP contribution in [0.4, 0.5) is 0 Å². The first-order valence-electron chi connectivity index (χ1n) is 6.89. The maximum absolute atomic E-state index is 12.0. The first kappa shape index (κ1) is 15.4. The summed E-state index contributed by atoms with van der Waals surface area (Å²) in [4.78, 5) is 14.3. The molecule has 1 fully saturated rings. The van der Waals surface area contributed by atoms with E-state index in [1.165, 1.54) is 13.5 Å². The number of methoxy groups -OCH3 is 1. The first-order valence-corrected chi connectivity index (χ1v) is 6.89. The molecule has 1 rings (SSSR count). The maximum Gasteiger partial charge on any atom is 0.327 e. The van der Waals surface area contributed by atoms with Gasteiger partial charge in [0.2, 0.25) is 0 Å². The minimum absolute atomic E-state index is 0.166. The van der Waals surface area contributed by atoms with Gasteiger partial charge in [0.15, 0.2) is 0 Å². The highest BCUT2D eigenvalue weighted by atomic mass is 16.5. The van der Waals surface area contributed by atoms with Gasteiger partial charge in [0.05, 0.1) is 7.11 Å². The molecule has 0 radical (unpaired) electrons. The second kappa shape index (κ2) is 6.02. The van der Waals surface area contributed by atoms with Crippen LogP contribution in [0, 0.1) is 5.41 Å². The molecule has 1 heterocycles. The van der Waals surface area contributed by atoms with E-state index in [0.717, 1.165) is 32.6 Å². The average Bonchev–Trinajstić information content (AvgIpc) is 2.64. The fourth-order valence-electron chi connectivity index (χ4n) is 2.63. The Kier molecular flexibility index (Phi) is 5.17. The fraction of sp³-hybridized carbons (Fsp3) is 0.929. The van der Waals surface area contributed by atoms with Crippen LogP contribution in [-0.2, 0) is 9.53 Å². The van der Waals surface area contributed by atoms with Crippen molar-refractivity contribution in [1.82, 2.24) is 10.2 Å². The Morgan fingerprint density at radius 2 is 2.17 bits per heavy atom. The van der Waals surface area contributed by atoms with Crippen molar-refractivity contribution in [3.8, 4) is 0 Å². The van der Waals surface area contributed by atoms with E-state index in [-0.39, 0.29) is 5.97 Å². The lowest BCUT2D eigenvalue weighted by Crippen LogP contribution is -2.57. The summed E-state index contributed by atoms with van der Waals surface area (Å²) in [6.45, 7) is 12.3. The number of likely N-dealkylation sites (tertiary alicyclic amines) is 1. The third-order valence-electron chi connectivity index (χ3n) is 3.70. The average molecular weight is 256 g/mol. The topological polar surface area (TPSA) is 41.6 Å². The van der Waals surface area contributed by atoms with Crippen molar-refractivity contribution in [2.45, 2.75) is 46.1 Å². The molecule has 0 aromatic carbocycles. The lowest BCUT2D eigenvalue weighted by Gasteiger charge is -2.32. The molecule has 1 atom stereocenters. The van der Waals surface area contributed by atoms with Crippen LogP contribution in [0.5, 0.6) is 0 Å². The number of esters is 1. The normalized spacial score (nSPS) is 22.7. The van der Waals surface area contributed by atoms with Crippen molar-refractivity contribution in [3.63, 3.8) is 0 Å². The molecular weight excluding hydrogens is 228 g/mol. The van der Waals surface area contributed by atoms with Crippen molar-refractivity contribution < 1.29 is 9.53 Å². The zero-order valence-electron chi connectivity index (χ0n) is 12.5. The van der Waals surface area contributed by atoms with Crippen LogP contribution in [-0.4, -0.2) is 49.7 Å². The summed E-state index contributed by atoms with van der Waals surface area (Å²) in [5.74, 6) is -0.166. The molecule has 0 spiro atoms. The summed E-state index contributed by atoms with van der Waals surface area (Å²) in [6, 6.07) is 0. The Balaban J connectivity index is 2.64. The summed E-state index contributed by atoms with van der Waals surface area (Å²) >= 11 is 0. The van der Waals surface area contributed by atoms with E-state index in [1.54, 1.807) is 0 Å². The van der Waals surface area contributed by atoms with Crippen molar-refractivity contribution in [3.05, 3.63) is 0 Å². The number of hydrogen-bond donors (Lipinski definition) is 1. The Bertz CT molecular complexity index is 292. The molecule has 4 heteroatoms. The number of ether oxygens (including phenoxy) is 1.